The normalized spacial score (nSPS) is 21.7. The standard InChI is InChI=1S/C16H18ClN6O2/c1-20-14(11(10-18)15(24)21(2)16(20)25)23-8-6-22(7-9-23)13-12(17)4-3-5-19-13/h3-5,11H,6-9H2,1-2H3/q+1. The number of nitriles is 1. The summed E-state index contributed by atoms with van der Waals surface area (Å²) >= 11 is 6.20. The Morgan fingerprint density at radius 1 is 1.28 bits per heavy atom. The molecule has 0 N–H and O–H groups in total. The van der Waals surface area contributed by atoms with E-state index in [0.29, 0.717) is 37.0 Å². The minimum Gasteiger partial charge on any atom is -0.348 e. The van der Waals surface area contributed by atoms with Gasteiger partial charge in [-0.2, -0.15) is 10.2 Å². The van der Waals surface area contributed by atoms with Crippen LogP contribution in [0.4, 0.5) is 10.6 Å². The van der Waals surface area contributed by atoms with Crippen molar-refractivity contribution in [3.05, 3.63) is 23.4 Å². The van der Waals surface area contributed by atoms with Gasteiger partial charge in [-0.25, -0.2) is 14.7 Å². The van der Waals surface area contributed by atoms with Crippen molar-refractivity contribution >= 4 is 35.2 Å². The zero-order chi connectivity index (χ0) is 18.1. The zero-order valence-corrected chi connectivity index (χ0v) is 14.8. The summed E-state index contributed by atoms with van der Waals surface area (Å²) in [6, 6.07) is 5.16. The molecule has 3 heterocycles. The van der Waals surface area contributed by atoms with E-state index in [9.17, 15) is 14.9 Å². The van der Waals surface area contributed by atoms with Crippen molar-refractivity contribution in [1.82, 2.24) is 14.8 Å². The van der Waals surface area contributed by atoms with Gasteiger partial charge in [0.2, 0.25) is 5.92 Å². The van der Waals surface area contributed by atoms with Gasteiger partial charge in [-0.1, -0.05) is 11.6 Å². The Hall–Kier alpha value is -2.66. The van der Waals surface area contributed by atoms with Crippen LogP contribution >= 0.6 is 11.6 Å². The molecule has 2 aliphatic rings. The van der Waals surface area contributed by atoms with E-state index in [2.05, 4.69) is 9.88 Å². The molecule has 2 saturated heterocycles. The van der Waals surface area contributed by atoms with Crippen LogP contribution in [-0.2, 0) is 4.79 Å². The number of carbonyl (C=O) groups is 2. The van der Waals surface area contributed by atoms with Gasteiger partial charge in [-0.15, -0.1) is 0 Å². The lowest BCUT2D eigenvalue weighted by Gasteiger charge is -2.33. The Kier molecular flexibility index (Phi) is 4.59. The minimum absolute atomic E-state index is 0.429. The van der Waals surface area contributed by atoms with Crippen LogP contribution in [0.15, 0.2) is 18.3 Å². The number of amidine groups is 1. The molecule has 1 aromatic rings. The van der Waals surface area contributed by atoms with Gasteiger partial charge in [-0.05, 0) is 12.1 Å². The van der Waals surface area contributed by atoms with E-state index in [0.717, 1.165) is 10.7 Å². The maximum Gasteiger partial charge on any atom is 0.417 e. The first kappa shape index (κ1) is 17.2. The van der Waals surface area contributed by atoms with E-state index < -0.39 is 17.9 Å². The highest BCUT2D eigenvalue weighted by Crippen LogP contribution is 2.23. The molecule has 0 saturated carbocycles. The molecule has 9 heteroatoms. The van der Waals surface area contributed by atoms with Crippen molar-refractivity contribution in [2.75, 3.05) is 45.2 Å². The molecule has 8 nitrogen and oxygen atoms in total. The fraction of sp³-hybridized carbons (Fsp3) is 0.438. The first-order valence-corrected chi connectivity index (χ1v) is 8.25. The highest BCUT2D eigenvalue weighted by atomic mass is 35.5. The summed E-state index contributed by atoms with van der Waals surface area (Å²) in [7, 11) is 2.98. The molecule has 1 aromatic heterocycles. The van der Waals surface area contributed by atoms with Crippen molar-refractivity contribution in [3.8, 4) is 6.07 Å². The summed E-state index contributed by atoms with van der Waals surface area (Å²) < 4.78 is 1.92. The van der Waals surface area contributed by atoms with Crippen molar-refractivity contribution < 1.29 is 14.2 Å². The number of urea groups is 1. The van der Waals surface area contributed by atoms with E-state index >= 15 is 0 Å². The quantitative estimate of drug-likeness (QED) is 0.685. The molecule has 0 radical (unpaired) electrons. The number of halogens is 1. The average molecular weight is 362 g/mol. The Morgan fingerprint density at radius 2 is 1.96 bits per heavy atom. The summed E-state index contributed by atoms with van der Waals surface area (Å²) in [5.74, 6) is -0.301. The largest absolute Gasteiger partial charge is 0.417 e. The number of rotatable bonds is 1. The maximum absolute atomic E-state index is 12.3. The Balaban J connectivity index is 1.87. The van der Waals surface area contributed by atoms with E-state index in [-0.39, 0.29) is 0 Å². The fourth-order valence-electron chi connectivity index (χ4n) is 3.18. The number of nitrogens with zero attached hydrogens (tertiary/aromatic N) is 6. The van der Waals surface area contributed by atoms with Gasteiger partial charge >= 0.3 is 6.03 Å². The highest BCUT2D eigenvalue weighted by Gasteiger charge is 2.48. The molecule has 2 fully saturated rings. The number of piperazine rings is 1. The second kappa shape index (κ2) is 6.69. The summed E-state index contributed by atoms with van der Waals surface area (Å²) in [4.78, 5) is 33.2. The van der Waals surface area contributed by atoms with Crippen LogP contribution in [0, 0.1) is 17.2 Å². The molecule has 0 bridgehead atoms. The van der Waals surface area contributed by atoms with E-state index in [1.807, 2.05) is 10.6 Å². The van der Waals surface area contributed by atoms with Crippen molar-refractivity contribution in [2.45, 2.75) is 0 Å². The smallest absolute Gasteiger partial charge is 0.348 e. The minimum atomic E-state index is -0.974. The van der Waals surface area contributed by atoms with E-state index in [1.54, 1.807) is 25.4 Å². The number of hydrogen-bond acceptors (Lipinski definition) is 5. The van der Waals surface area contributed by atoms with Crippen molar-refractivity contribution in [1.29, 1.82) is 5.26 Å². The highest BCUT2D eigenvalue weighted by molar-refractivity contribution is 6.32. The Labute approximate surface area is 150 Å². The number of anilines is 1. The molecule has 2 aliphatic heterocycles. The zero-order valence-electron chi connectivity index (χ0n) is 14.0. The SMILES string of the molecule is CN1C(=O)C(C#N)C(=[N+]2CCN(c3ncccc3Cl)CC2)N(C)C1=O. The van der Waals surface area contributed by atoms with Crippen LogP contribution in [0.2, 0.25) is 5.02 Å². The summed E-state index contributed by atoms with van der Waals surface area (Å²) in [5, 5.41) is 10.0. The van der Waals surface area contributed by atoms with Gasteiger partial charge in [-0.3, -0.25) is 9.37 Å². The second-order valence-corrected chi connectivity index (χ2v) is 6.35. The number of pyridine rings is 1. The first-order chi connectivity index (χ1) is 12.0. The van der Waals surface area contributed by atoms with Crippen LogP contribution in [0.5, 0.6) is 0 Å². The van der Waals surface area contributed by atoms with Gasteiger partial charge in [0.1, 0.15) is 18.9 Å². The maximum atomic E-state index is 12.3. The first-order valence-electron chi connectivity index (χ1n) is 7.87. The third-order valence-electron chi connectivity index (χ3n) is 4.52. The number of amides is 3. The van der Waals surface area contributed by atoms with Gasteiger partial charge in [0.05, 0.1) is 31.2 Å². The lowest BCUT2D eigenvalue weighted by Crippen LogP contribution is -2.60. The molecule has 25 heavy (non-hydrogen) atoms. The fourth-order valence-corrected chi connectivity index (χ4v) is 3.42. The molecule has 3 amide bonds. The van der Waals surface area contributed by atoms with Crippen LogP contribution in [0.25, 0.3) is 0 Å². The predicted octanol–water partition coefficient (Wildman–Crippen LogP) is 0.630. The second-order valence-electron chi connectivity index (χ2n) is 5.94. The Morgan fingerprint density at radius 3 is 2.56 bits per heavy atom. The van der Waals surface area contributed by atoms with E-state index in [1.165, 1.54) is 11.9 Å². The summed E-state index contributed by atoms with van der Waals surface area (Å²) in [5.41, 5.74) is 0. The lowest BCUT2D eigenvalue weighted by atomic mass is 10.0. The van der Waals surface area contributed by atoms with Crippen LogP contribution in [0.3, 0.4) is 0 Å². The Bertz CT molecular complexity index is 792. The number of carbonyl (C=O) groups excluding carboxylic acids is 2. The average Bonchev–Trinajstić information content (AvgIpc) is 2.63. The molecular formula is C16H18ClN6O2+. The van der Waals surface area contributed by atoms with Crippen LogP contribution < -0.4 is 4.90 Å². The molecular weight excluding hydrogens is 344 g/mol. The lowest BCUT2D eigenvalue weighted by molar-refractivity contribution is -0.535. The number of hydrogen-bond donors (Lipinski definition) is 0. The number of imide groups is 1. The van der Waals surface area contributed by atoms with Crippen molar-refractivity contribution in [3.63, 3.8) is 0 Å². The monoisotopic (exact) mass is 361 g/mol. The molecule has 1 atom stereocenters. The van der Waals surface area contributed by atoms with Crippen LogP contribution in [0.1, 0.15) is 0 Å². The van der Waals surface area contributed by atoms with E-state index in [4.69, 9.17) is 11.6 Å². The molecule has 0 spiro atoms. The van der Waals surface area contributed by atoms with Gasteiger partial charge in [0.25, 0.3) is 11.7 Å². The third kappa shape index (κ3) is 2.91. The molecule has 3 rings (SSSR count). The van der Waals surface area contributed by atoms with Gasteiger partial charge < -0.3 is 4.90 Å². The predicted molar refractivity (Wildman–Crippen MR) is 91.5 cm³/mol. The molecule has 1 unspecified atom stereocenters. The van der Waals surface area contributed by atoms with Gasteiger partial charge in [0.15, 0.2) is 0 Å². The van der Waals surface area contributed by atoms with Crippen LogP contribution in [-0.4, -0.2) is 77.4 Å². The molecule has 0 aromatic carbocycles. The third-order valence-corrected chi connectivity index (χ3v) is 4.82. The molecule has 0 aliphatic carbocycles. The summed E-state index contributed by atoms with van der Waals surface area (Å²) in [6.07, 6.45) is 1.69. The number of aromatic nitrogens is 1. The topological polar surface area (TPSA) is 83.6 Å². The van der Waals surface area contributed by atoms with Crippen molar-refractivity contribution in [2.24, 2.45) is 5.92 Å². The molecule has 130 valence electrons. The van der Waals surface area contributed by atoms with Gasteiger partial charge in [0, 0.05) is 13.2 Å². The summed E-state index contributed by atoms with van der Waals surface area (Å²) in [6.45, 7) is 2.39.